The van der Waals surface area contributed by atoms with Crippen LogP contribution in [0.25, 0.3) is 0 Å². The summed E-state index contributed by atoms with van der Waals surface area (Å²) < 4.78 is 5.45. The smallest absolute Gasteiger partial charge is 0.221 e. The fraction of sp³-hybridized carbons (Fsp3) is 0.923. The average molecular weight is 223 g/mol. The fourth-order valence-electron chi connectivity index (χ4n) is 4.54. The first kappa shape index (κ1) is 10.6. The largest absolute Gasteiger partial charge is 0.381 e. The molecule has 2 aliphatic heterocycles. The van der Waals surface area contributed by atoms with Gasteiger partial charge in [0.1, 0.15) is 0 Å². The van der Waals surface area contributed by atoms with Crippen LogP contribution in [-0.2, 0) is 9.53 Å². The number of rotatable bonds is 0. The second kappa shape index (κ2) is 3.00. The minimum Gasteiger partial charge on any atom is -0.381 e. The Morgan fingerprint density at radius 1 is 1.19 bits per heavy atom. The third-order valence-corrected chi connectivity index (χ3v) is 4.87. The number of amides is 1. The Balaban J connectivity index is 1.89. The number of hydrogen-bond donors (Lipinski definition) is 1. The van der Waals surface area contributed by atoms with Gasteiger partial charge in [0, 0.05) is 25.0 Å². The van der Waals surface area contributed by atoms with E-state index in [0.29, 0.717) is 5.41 Å². The van der Waals surface area contributed by atoms with Crippen molar-refractivity contribution in [2.45, 2.75) is 51.5 Å². The van der Waals surface area contributed by atoms with Crippen molar-refractivity contribution in [3.05, 3.63) is 0 Å². The van der Waals surface area contributed by atoms with Gasteiger partial charge in [0.25, 0.3) is 0 Å². The summed E-state index contributed by atoms with van der Waals surface area (Å²) in [6.07, 6.45) is 5.15. The van der Waals surface area contributed by atoms with Crippen molar-refractivity contribution in [3.63, 3.8) is 0 Å². The molecule has 0 bridgehead atoms. The van der Waals surface area contributed by atoms with E-state index >= 15 is 0 Å². The summed E-state index contributed by atoms with van der Waals surface area (Å²) in [6.45, 7) is 6.24. The Morgan fingerprint density at radius 2 is 1.81 bits per heavy atom. The van der Waals surface area contributed by atoms with Crippen molar-refractivity contribution in [1.82, 2.24) is 5.32 Å². The van der Waals surface area contributed by atoms with Crippen LogP contribution < -0.4 is 5.32 Å². The average Bonchev–Trinajstić information content (AvgIpc) is 2.38. The lowest BCUT2D eigenvalue weighted by atomic mass is 9.46. The summed E-state index contributed by atoms with van der Waals surface area (Å²) in [7, 11) is 0. The summed E-state index contributed by atoms with van der Waals surface area (Å²) in [4.78, 5) is 11.8. The van der Waals surface area contributed by atoms with Crippen molar-refractivity contribution in [1.29, 1.82) is 0 Å². The van der Waals surface area contributed by atoms with Gasteiger partial charge in [-0.15, -0.1) is 0 Å². The lowest BCUT2D eigenvalue weighted by Crippen LogP contribution is -2.62. The van der Waals surface area contributed by atoms with Crippen LogP contribution in [-0.4, -0.2) is 24.7 Å². The summed E-state index contributed by atoms with van der Waals surface area (Å²) in [5, 5.41) is 3.28. The van der Waals surface area contributed by atoms with Gasteiger partial charge in [-0.3, -0.25) is 4.79 Å². The molecule has 1 saturated carbocycles. The molecular weight excluding hydrogens is 202 g/mol. The first-order valence-electron chi connectivity index (χ1n) is 6.36. The minimum atomic E-state index is 0.0673. The Morgan fingerprint density at radius 3 is 2.38 bits per heavy atom. The molecule has 1 aliphatic carbocycles. The molecule has 2 spiro atoms. The minimum absolute atomic E-state index is 0.0673. The molecule has 3 nitrogen and oxygen atoms in total. The van der Waals surface area contributed by atoms with E-state index in [9.17, 15) is 4.79 Å². The number of carbonyl (C=O) groups is 1. The first-order chi connectivity index (χ1) is 7.47. The van der Waals surface area contributed by atoms with E-state index < -0.39 is 0 Å². The van der Waals surface area contributed by atoms with E-state index in [1.807, 2.05) is 0 Å². The topological polar surface area (TPSA) is 38.3 Å². The number of nitrogens with one attached hydrogen (secondary N) is 1. The number of hydrogen-bond acceptors (Lipinski definition) is 2. The van der Waals surface area contributed by atoms with Crippen molar-refractivity contribution in [2.24, 2.45) is 10.8 Å². The van der Waals surface area contributed by atoms with Gasteiger partial charge in [0.05, 0.1) is 5.54 Å². The van der Waals surface area contributed by atoms with E-state index in [0.717, 1.165) is 32.5 Å². The Bertz CT molecular complexity index is 321. The van der Waals surface area contributed by atoms with E-state index in [-0.39, 0.29) is 16.9 Å². The normalized spacial score (nSPS) is 33.8. The third-order valence-electron chi connectivity index (χ3n) is 4.87. The molecule has 1 amide bonds. The van der Waals surface area contributed by atoms with Gasteiger partial charge in [0.15, 0.2) is 0 Å². The van der Waals surface area contributed by atoms with Crippen molar-refractivity contribution in [3.8, 4) is 0 Å². The zero-order chi connectivity index (χ0) is 11.4. The van der Waals surface area contributed by atoms with Crippen molar-refractivity contribution in [2.75, 3.05) is 13.2 Å². The highest BCUT2D eigenvalue weighted by Gasteiger charge is 2.65. The first-order valence-corrected chi connectivity index (χ1v) is 6.36. The Hall–Kier alpha value is -0.570. The quantitative estimate of drug-likeness (QED) is 0.680. The van der Waals surface area contributed by atoms with Gasteiger partial charge in [-0.25, -0.2) is 0 Å². The molecule has 2 heterocycles. The lowest BCUT2D eigenvalue weighted by molar-refractivity contribution is -0.120. The summed E-state index contributed by atoms with van der Waals surface area (Å²) >= 11 is 0. The predicted molar refractivity (Wildman–Crippen MR) is 61.0 cm³/mol. The highest BCUT2D eigenvalue weighted by atomic mass is 16.5. The van der Waals surface area contributed by atoms with Crippen molar-refractivity contribution >= 4 is 5.91 Å². The molecule has 3 aliphatic rings. The maximum absolute atomic E-state index is 11.8. The molecule has 0 unspecified atom stereocenters. The summed E-state index contributed by atoms with van der Waals surface area (Å²) in [5.74, 6) is 0.261. The molecular formula is C13H21NO2. The zero-order valence-electron chi connectivity index (χ0n) is 10.3. The SMILES string of the molecule is CC1(C)CC2(CC(=O)NC23CCOCC3)C1. The summed E-state index contributed by atoms with van der Waals surface area (Å²) in [5.41, 5.74) is 0.743. The third kappa shape index (κ3) is 1.27. The van der Waals surface area contributed by atoms with E-state index in [1.165, 1.54) is 12.8 Å². The molecule has 0 atom stereocenters. The molecule has 0 radical (unpaired) electrons. The summed E-state index contributed by atoms with van der Waals surface area (Å²) in [6, 6.07) is 0. The van der Waals surface area contributed by atoms with Crippen LogP contribution in [0.1, 0.15) is 46.0 Å². The van der Waals surface area contributed by atoms with Crippen molar-refractivity contribution < 1.29 is 9.53 Å². The highest BCUT2D eigenvalue weighted by molar-refractivity contribution is 5.81. The van der Waals surface area contributed by atoms with Crippen LogP contribution in [0.5, 0.6) is 0 Å². The molecule has 16 heavy (non-hydrogen) atoms. The van der Waals surface area contributed by atoms with E-state index in [1.54, 1.807) is 0 Å². The second-order valence-electron chi connectivity index (χ2n) is 6.72. The number of carbonyl (C=O) groups excluding carboxylic acids is 1. The predicted octanol–water partition coefficient (Wildman–Crippen LogP) is 1.86. The Labute approximate surface area is 96.9 Å². The van der Waals surface area contributed by atoms with Gasteiger partial charge in [-0.1, -0.05) is 13.8 Å². The van der Waals surface area contributed by atoms with E-state index in [4.69, 9.17) is 4.74 Å². The van der Waals surface area contributed by atoms with Gasteiger partial charge in [-0.2, -0.15) is 0 Å². The van der Waals surface area contributed by atoms with E-state index in [2.05, 4.69) is 19.2 Å². The lowest BCUT2D eigenvalue weighted by Gasteiger charge is -2.60. The fourth-order valence-corrected chi connectivity index (χ4v) is 4.54. The number of fused-ring (bicyclic) bond motifs is 1. The van der Waals surface area contributed by atoms with Crippen LogP contribution in [0, 0.1) is 10.8 Å². The Kier molecular flexibility index (Phi) is 1.99. The standard InChI is InChI=1S/C13H21NO2/c1-11(2)8-12(9-11)7-10(15)14-13(12)3-5-16-6-4-13/h3-9H2,1-2H3,(H,14,15). The monoisotopic (exact) mass is 223 g/mol. The molecule has 2 saturated heterocycles. The molecule has 90 valence electrons. The molecule has 3 heteroatoms. The zero-order valence-corrected chi connectivity index (χ0v) is 10.3. The molecule has 0 aromatic carbocycles. The molecule has 1 N–H and O–H groups in total. The van der Waals surface area contributed by atoms with Gasteiger partial charge >= 0.3 is 0 Å². The van der Waals surface area contributed by atoms with Crippen LogP contribution in [0.3, 0.4) is 0 Å². The van der Waals surface area contributed by atoms with Crippen LogP contribution in [0.15, 0.2) is 0 Å². The molecule has 3 rings (SSSR count). The molecule has 0 aromatic heterocycles. The second-order valence-corrected chi connectivity index (χ2v) is 6.72. The molecule has 0 aromatic rings. The molecule has 3 fully saturated rings. The van der Waals surface area contributed by atoms with Gasteiger partial charge in [0.2, 0.25) is 5.91 Å². The maximum atomic E-state index is 11.8. The van der Waals surface area contributed by atoms with Crippen LogP contribution >= 0.6 is 0 Å². The number of ether oxygens (including phenoxy) is 1. The van der Waals surface area contributed by atoms with Crippen LogP contribution in [0.4, 0.5) is 0 Å². The van der Waals surface area contributed by atoms with Gasteiger partial charge < -0.3 is 10.1 Å². The van der Waals surface area contributed by atoms with Crippen LogP contribution in [0.2, 0.25) is 0 Å². The maximum Gasteiger partial charge on any atom is 0.221 e. The highest BCUT2D eigenvalue weighted by Crippen LogP contribution is 2.65. The van der Waals surface area contributed by atoms with Gasteiger partial charge in [-0.05, 0) is 31.1 Å².